The van der Waals surface area contributed by atoms with Crippen molar-refractivity contribution in [1.82, 2.24) is 14.5 Å². The second-order valence-electron chi connectivity index (χ2n) is 6.36. The molecule has 0 atom stereocenters. The molecule has 0 unspecified atom stereocenters. The third kappa shape index (κ3) is 2.49. The van der Waals surface area contributed by atoms with E-state index in [9.17, 15) is 0 Å². The number of hydrogen-bond donors (Lipinski definition) is 1. The molecule has 1 N–H and O–H groups in total. The lowest BCUT2D eigenvalue weighted by atomic mass is 10.1. The number of anilines is 1. The number of furan rings is 1. The lowest BCUT2D eigenvalue weighted by Gasteiger charge is -2.10. The number of nitrogens with zero attached hydrogens (tertiary/aromatic N) is 3. The van der Waals surface area contributed by atoms with Crippen LogP contribution in [0.5, 0.6) is 0 Å². The normalized spacial score (nSPS) is 11.5. The minimum absolute atomic E-state index is 0.826. The molecular formula is C21H18N4O. The highest BCUT2D eigenvalue weighted by atomic mass is 16.3. The number of pyridine rings is 1. The first-order valence-electron chi connectivity index (χ1n) is 8.80. The highest BCUT2D eigenvalue weighted by molar-refractivity contribution is 6.13. The lowest BCUT2D eigenvalue weighted by Crippen LogP contribution is -2.06. The molecule has 3 aromatic heterocycles. The van der Waals surface area contributed by atoms with Crippen LogP contribution in [0.15, 0.2) is 71.7 Å². The molecule has 128 valence electrons. The number of para-hydroxylation sites is 2. The van der Waals surface area contributed by atoms with Crippen molar-refractivity contribution in [3.05, 3.63) is 67.3 Å². The van der Waals surface area contributed by atoms with Crippen molar-refractivity contribution in [3.63, 3.8) is 0 Å². The molecule has 0 aliphatic rings. The van der Waals surface area contributed by atoms with E-state index in [0.29, 0.717) is 0 Å². The molecule has 0 aliphatic heterocycles. The Kier molecular flexibility index (Phi) is 3.56. The third-order valence-electron chi connectivity index (χ3n) is 4.66. The Morgan fingerprint density at radius 3 is 2.73 bits per heavy atom. The fourth-order valence-electron chi connectivity index (χ4n) is 3.41. The molecule has 5 rings (SSSR count). The van der Waals surface area contributed by atoms with Gasteiger partial charge in [0.15, 0.2) is 5.58 Å². The number of hydrogen-bond acceptors (Lipinski definition) is 4. The van der Waals surface area contributed by atoms with E-state index in [1.54, 1.807) is 0 Å². The summed E-state index contributed by atoms with van der Waals surface area (Å²) in [5.74, 6) is 0. The first-order valence-corrected chi connectivity index (χ1v) is 8.80. The van der Waals surface area contributed by atoms with E-state index >= 15 is 0 Å². The third-order valence-corrected chi connectivity index (χ3v) is 4.66. The van der Waals surface area contributed by atoms with Crippen LogP contribution in [0.3, 0.4) is 0 Å². The molecule has 0 bridgehead atoms. The summed E-state index contributed by atoms with van der Waals surface area (Å²) in [6.45, 7) is 1.78. The van der Waals surface area contributed by atoms with Gasteiger partial charge in [0.2, 0.25) is 0 Å². The summed E-state index contributed by atoms with van der Waals surface area (Å²) >= 11 is 0. The van der Waals surface area contributed by atoms with E-state index in [0.717, 1.165) is 58.2 Å². The zero-order valence-corrected chi connectivity index (χ0v) is 14.2. The second-order valence-corrected chi connectivity index (χ2v) is 6.36. The first kappa shape index (κ1) is 15.0. The fraction of sp³-hybridized carbons (Fsp3) is 0.143. The lowest BCUT2D eigenvalue weighted by molar-refractivity contribution is 0.656. The SMILES string of the molecule is c1ccc2c(NCCCn3ccnc3)c3oc4ccccc4c3nc2c1. The average Bonchev–Trinajstić information content (AvgIpc) is 3.32. The van der Waals surface area contributed by atoms with Crippen LogP contribution in [0.1, 0.15) is 6.42 Å². The van der Waals surface area contributed by atoms with Gasteiger partial charge in [0.05, 0.1) is 17.5 Å². The number of aromatic nitrogens is 3. The summed E-state index contributed by atoms with van der Waals surface area (Å²) in [7, 11) is 0. The predicted molar refractivity (Wildman–Crippen MR) is 104 cm³/mol. The average molecular weight is 342 g/mol. The van der Waals surface area contributed by atoms with Gasteiger partial charge in [-0.3, -0.25) is 0 Å². The van der Waals surface area contributed by atoms with Crippen LogP contribution in [0.25, 0.3) is 33.0 Å². The van der Waals surface area contributed by atoms with Crippen LogP contribution in [0, 0.1) is 0 Å². The smallest absolute Gasteiger partial charge is 0.177 e. The Morgan fingerprint density at radius 1 is 1.00 bits per heavy atom. The number of imidazole rings is 1. The second kappa shape index (κ2) is 6.19. The van der Waals surface area contributed by atoms with E-state index < -0.39 is 0 Å². The number of rotatable bonds is 5. The van der Waals surface area contributed by atoms with Crippen molar-refractivity contribution in [1.29, 1.82) is 0 Å². The maximum Gasteiger partial charge on any atom is 0.177 e. The van der Waals surface area contributed by atoms with E-state index in [1.165, 1.54) is 0 Å². The van der Waals surface area contributed by atoms with Crippen molar-refractivity contribution < 1.29 is 4.42 Å². The van der Waals surface area contributed by atoms with Crippen LogP contribution in [-0.4, -0.2) is 21.1 Å². The van der Waals surface area contributed by atoms with Gasteiger partial charge in [-0.2, -0.15) is 0 Å². The molecule has 0 spiro atoms. The van der Waals surface area contributed by atoms with Gasteiger partial charge >= 0.3 is 0 Å². The molecule has 0 radical (unpaired) electrons. The largest absolute Gasteiger partial charge is 0.452 e. The van der Waals surface area contributed by atoms with Gasteiger partial charge in [0.1, 0.15) is 11.1 Å². The summed E-state index contributed by atoms with van der Waals surface area (Å²) in [6, 6.07) is 16.3. The van der Waals surface area contributed by atoms with E-state index in [2.05, 4.69) is 27.0 Å². The Hall–Kier alpha value is -3.34. The maximum absolute atomic E-state index is 6.15. The van der Waals surface area contributed by atoms with Crippen molar-refractivity contribution in [2.45, 2.75) is 13.0 Å². The standard InChI is InChI=1S/C21H18N4O/c1-3-8-17-15(6-1)19(23-10-5-12-25-13-11-22-14-25)21-20(24-17)16-7-2-4-9-18(16)26-21/h1-4,6-9,11,13-14H,5,10,12H2,(H,23,24). The molecule has 0 saturated carbocycles. The molecule has 0 fully saturated rings. The molecule has 0 aliphatic carbocycles. The summed E-state index contributed by atoms with van der Waals surface area (Å²) in [5, 5.41) is 5.72. The van der Waals surface area contributed by atoms with Crippen molar-refractivity contribution in [3.8, 4) is 0 Å². The Morgan fingerprint density at radius 2 is 1.85 bits per heavy atom. The molecule has 0 amide bonds. The van der Waals surface area contributed by atoms with E-state index in [4.69, 9.17) is 9.40 Å². The van der Waals surface area contributed by atoms with Gasteiger partial charge in [-0.1, -0.05) is 30.3 Å². The molecule has 5 nitrogen and oxygen atoms in total. The summed E-state index contributed by atoms with van der Waals surface area (Å²) in [5.41, 5.74) is 4.60. The van der Waals surface area contributed by atoms with Crippen LogP contribution in [0.2, 0.25) is 0 Å². The van der Waals surface area contributed by atoms with Crippen LogP contribution in [-0.2, 0) is 6.54 Å². The molecule has 5 aromatic rings. The van der Waals surface area contributed by atoms with Gasteiger partial charge in [-0.15, -0.1) is 0 Å². The highest BCUT2D eigenvalue weighted by Gasteiger charge is 2.15. The van der Waals surface area contributed by atoms with Crippen molar-refractivity contribution in [2.24, 2.45) is 0 Å². The number of benzene rings is 2. The maximum atomic E-state index is 6.15. The van der Waals surface area contributed by atoms with Gasteiger partial charge in [-0.05, 0) is 24.6 Å². The van der Waals surface area contributed by atoms with Crippen LogP contribution in [0.4, 0.5) is 5.69 Å². The van der Waals surface area contributed by atoms with Crippen molar-refractivity contribution >= 4 is 38.7 Å². The molecule has 0 saturated heterocycles. The Labute approximate surface area is 150 Å². The number of aryl methyl sites for hydroxylation is 1. The molecule has 26 heavy (non-hydrogen) atoms. The topological polar surface area (TPSA) is 55.9 Å². The number of nitrogens with one attached hydrogen (secondary N) is 1. The number of fused-ring (bicyclic) bond motifs is 4. The van der Waals surface area contributed by atoms with Gasteiger partial charge in [0.25, 0.3) is 0 Å². The first-order chi connectivity index (χ1) is 12.9. The minimum atomic E-state index is 0.826. The molecule has 3 heterocycles. The van der Waals surface area contributed by atoms with E-state index in [1.807, 2.05) is 55.1 Å². The summed E-state index contributed by atoms with van der Waals surface area (Å²) in [6.07, 6.45) is 6.63. The highest BCUT2D eigenvalue weighted by Crippen LogP contribution is 2.36. The van der Waals surface area contributed by atoms with E-state index in [-0.39, 0.29) is 0 Å². The van der Waals surface area contributed by atoms with Crippen molar-refractivity contribution in [2.75, 3.05) is 11.9 Å². The summed E-state index contributed by atoms with van der Waals surface area (Å²) < 4.78 is 8.24. The van der Waals surface area contributed by atoms with Crippen LogP contribution < -0.4 is 5.32 Å². The monoisotopic (exact) mass is 342 g/mol. The quantitative estimate of drug-likeness (QED) is 0.465. The zero-order valence-electron chi connectivity index (χ0n) is 14.2. The molecule has 2 aromatic carbocycles. The van der Waals surface area contributed by atoms with Gasteiger partial charge in [-0.25, -0.2) is 9.97 Å². The Bertz CT molecular complexity index is 1190. The van der Waals surface area contributed by atoms with Gasteiger partial charge < -0.3 is 14.3 Å². The molecule has 5 heteroatoms. The van der Waals surface area contributed by atoms with Crippen LogP contribution >= 0.6 is 0 Å². The van der Waals surface area contributed by atoms with Gasteiger partial charge in [0, 0.05) is 36.3 Å². The summed E-state index contributed by atoms with van der Waals surface area (Å²) in [4.78, 5) is 8.93. The molecular weight excluding hydrogens is 324 g/mol. The zero-order chi connectivity index (χ0) is 17.3. The Balaban J connectivity index is 1.56. The predicted octanol–water partition coefficient (Wildman–Crippen LogP) is 4.83. The fourth-order valence-corrected chi connectivity index (χ4v) is 3.41. The minimum Gasteiger partial charge on any atom is -0.452 e.